The highest BCUT2D eigenvalue weighted by molar-refractivity contribution is 6.01. The fourth-order valence-corrected chi connectivity index (χ4v) is 2.97. The normalized spacial score (nSPS) is 13.2. The van der Waals surface area contributed by atoms with Gasteiger partial charge in [-0.25, -0.2) is 4.79 Å². The van der Waals surface area contributed by atoms with E-state index in [9.17, 15) is 19.2 Å². The van der Waals surface area contributed by atoms with Gasteiger partial charge in [0, 0.05) is 24.2 Å². The van der Waals surface area contributed by atoms with Crippen molar-refractivity contribution in [3.05, 3.63) is 59.7 Å². The van der Waals surface area contributed by atoms with Gasteiger partial charge in [-0.15, -0.1) is 0 Å². The summed E-state index contributed by atoms with van der Waals surface area (Å²) in [5.41, 5.74) is 6.38. The average molecular weight is 396 g/mol. The molecular formula is C21H20N2O6. The zero-order valence-electron chi connectivity index (χ0n) is 15.6. The van der Waals surface area contributed by atoms with Gasteiger partial charge in [0.1, 0.15) is 5.75 Å². The van der Waals surface area contributed by atoms with Gasteiger partial charge >= 0.3 is 5.97 Å². The van der Waals surface area contributed by atoms with Crippen molar-refractivity contribution >= 4 is 29.3 Å². The van der Waals surface area contributed by atoms with Gasteiger partial charge in [-0.05, 0) is 30.7 Å². The Morgan fingerprint density at radius 1 is 1.03 bits per heavy atom. The number of para-hydroxylation sites is 1. The summed E-state index contributed by atoms with van der Waals surface area (Å²) >= 11 is 0. The lowest BCUT2D eigenvalue weighted by atomic mass is 10.1. The molecular weight excluding hydrogens is 376 g/mol. The Bertz CT molecular complexity index is 956. The number of hydrogen-bond acceptors (Lipinski definition) is 6. The van der Waals surface area contributed by atoms with E-state index in [1.54, 1.807) is 41.3 Å². The molecule has 0 spiro atoms. The van der Waals surface area contributed by atoms with E-state index in [0.29, 0.717) is 24.2 Å². The molecule has 0 aliphatic carbocycles. The minimum Gasteiger partial charge on any atom is -0.481 e. The molecule has 2 amide bonds. The van der Waals surface area contributed by atoms with Crippen LogP contribution in [0.15, 0.2) is 48.5 Å². The van der Waals surface area contributed by atoms with Crippen molar-refractivity contribution in [3.8, 4) is 5.75 Å². The number of Topliss-reactive ketones (excluding diaryl/α,β-unsaturated/α-hetero) is 1. The van der Waals surface area contributed by atoms with Gasteiger partial charge in [-0.2, -0.15) is 0 Å². The number of esters is 1. The summed E-state index contributed by atoms with van der Waals surface area (Å²) in [5, 5.41) is 0. The van der Waals surface area contributed by atoms with Crippen LogP contribution in [0.3, 0.4) is 0 Å². The van der Waals surface area contributed by atoms with Gasteiger partial charge in [0.05, 0.1) is 5.56 Å². The quantitative estimate of drug-likeness (QED) is 0.536. The Morgan fingerprint density at radius 3 is 2.55 bits per heavy atom. The summed E-state index contributed by atoms with van der Waals surface area (Å²) in [7, 11) is 0. The van der Waals surface area contributed by atoms with Crippen molar-refractivity contribution in [1.82, 2.24) is 0 Å². The third kappa shape index (κ3) is 4.98. The van der Waals surface area contributed by atoms with Crippen LogP contribution in [0.25, 0.3) is 0 Å². The number of ketones is 1. The van der Waals surface area contributed by atoms with E-state index in [0.717, 1.165) is 6.42 Å². The van der Waals surface area contributed by atoms with Crippen LogP contribution in [0, 0.1) is 0 Å². The molecule has 0 atom stereocenters. The molecule has 1 heterocycles. The lowest BCUT2D eigenvalue weighted by molar-refractivity contribution is -0.144. The average Bonchev–Trinajstić information content (AvgIpc) is 3.16. The number of carbonyl (C=O) groups excluding carboxylic acids is 4. The first-order chi connectivity index (χ1) is 14.0. The number of primary amides is 1. The molecule has 150 valence electrons. The van der Waals surface area contributed by atoms with Crippen LogP contribution in [0.4, 0.5) is 5.69 Å². The minimum atomic E-state index is -0.761. The Kier molecular flexibility index (Phi) is 6.23. The summed E-state index contributed by atoms with van der Waals surface area (Å²) in [5.74, 6) is -1.66. The minimum absolute atomic E-state index is 0.0226. The Morgan fingerprint density at radius 2 is 1.83 bits per heavy atom. The van der Waals surface area contributed by atoms with Gasteiger partial charge in [0.25, 0.3) is 5.91 Å². The maximum Gasteiger partial charge on any atom is 0.344 e. The Labute approximate surface area is 167 Å². The van der Waals surface area contributed by atoms with Gasteiger partial charge < -0.3 is 20.1 Å². The maximum absolute atomic E-state index is 12.3. The number of nitrogens with two attached hydrogens (primary N) is 1. The van der Waals surface area contributed by atoms with Crippen LogP contribution in [0.1, 0.15) is 33.6 Å². The first-order valence-corrected chi connectivity index (χ1v) is 9.06. The molecule has 8 heteroatoms. The van der Waals surface area contributed by atoms with E-state index in [1.165, 1.54) is 12.1 Å². The van der Waals surface area contributed by atoms with Crippen LogP contribution < -0.4 is 15.4 Å². The molecule has 1 aliphatic rings. The van der Waals surface area contributed by atoms with Crippen molar-refractivity contribution in [2.45, 2.75) is 12.8 Å². The van der Waals surface area contributed by atoms with Crippen LogP contribution in [-0.4, -0.2) is 43.3 Å². The SMILES string of the molecule is NC(=O)c1ccccc1OCC(=O)OCC(=O)c1cccc(N2CCCC2=O)c1. The van der Waals surface area contributed by atoms with Gasteiger partial charge in [-0.1, -0.05) is 24.3 Å². The van der Waals surface area contributed by atoms with Crippen molar-refractivity contribution in [1.29, 1.82) is 0 Å². The smallest absolute Gasteiger partial charge is 0.344 e. The molecule has 2 N–H and O–H groups in total. The zero-order valence-corrected chi connectivity index (χ0v) is 15.6. The summed E-state index contributed by atoms with van der Waals surface area (Å²) < 4.78 is 10.2. The van der Waals surface area contributed by atoms with Crippen LogP contribution in [0.5, 0.6) is 5.75 Å². The van der Waals surface area contributed by atoms with E-state index in [-0.39, 0.29) is 17.2 Å². The zero-order chi connectivity index (χ0) is 20.8. The molecule has 0 radical (unpaired) electrons. The molecule has 29 heavy (non-hydrogen) atoms. The Hall–Kier alpha value is -3.68. The molecule has 1 aliphatic heterocycles. The largest absolute Gasteiger partial charge is 0.481 e. The van der Waals surface area contributed by atoms with Crippen molar-refractivity contribution in [3.63, 3.8) is 0 Å². The molecule has 0 aromatic heterocycles. The molecule has 0 unspecified atom stereocenters. The number of anilines is 1. The fourth-order valence-electron chi connectivity index (χ4n) is 2.97. The fraction of sp³-hybridized carbons (Fsp3) is 0.238. The summed E-state index contributed by atoms with van der Waals surface area (Å²) in [6.45, 7) is -0.313. The molecule has 8 nitrogen and oxygen atoms in total. The second kappa shape index (κ2) is 9.01. The van der Waals surface area contributed by atoms with Gasteiger partial charge in [0.15, 0.2) is 19.0 Å². The van der Waals surface area contributed by atoms with E-state index in [4.69, 9.17) is 15.2 Å². The number of hydrogen-bond donors (Lipinski definition) is 1. The number of nitrogens with zero attached hydrogens (tertiary/aromatic N) is 1. The number of rotatable bonds is 8. The highest BCUT2D eigenvalue weighted by atomic mass is 16.6. The first kappa shape index (κ1) is 20.1. The monoisotopic (exact) mass is 396 g/mol. The van der Waals surface area contributed by atoms with E-state index in [1.807, 2.05) is 0 Å². The second-order valence-electron chi connectivity index (χ2n) is 6.43. The molecule has 1 saturated heterocycles. The molecule has 1 fully saturated rings. The van der Waals surface area contributed by atoms with Gasteiger partial charge in [-0.3, -0.25) is 14.4 Å². The van der Waals surface area contributed by atoms with Crippen molar-refractivity contribution in [2.24, 2.45) is 5.73 Å². The summed E-state index contributed by atoms with van der Waals surface area (Å²) in [4.78, 5) is 49.0. The van der Waals surface area contributed by atoms with Crippen LogP contribution in [-0.2, 0) is 14.3 Å². The topological polar surface area (TPSA) is 116 Å². The predicted octanol–water partition coefficient (Wildman–Crippen LogP) is 1.72. The maximum atomic E-state index is 12.3. The summed E-state index contributed by atoms with van der Waals surface area (Å²) in [6, 6.07) is 12.9. The number of carbonyl (C=O) groups is 4. The number of ether oxygens (including phenoxy) is 2. The highest BCUT2D eigenvalue weighted by Gasteiger charge is 2.22. The standard InChI is InChI=1S/C21H20N2O6/c22-21(27)16-7-1-2-8-18(16)28-13-20(26)29-12-17(24)14-5-3-6-15(11-14)23-10-4-9-19(23)25/h1-3,5-8,11H,4,9-10,12-13H2,(H2,22,27). The lowest BCUT2D eigenvalue weighted by Gasteiger charge is -2.16. The van der Waals surface area contributed by atoms with E-state index >= 15 is 0 Å². The van der Waals surface area contributed by atoms with Crippen LogP contribution in [0.2, 0.25) is 0 Å². The molecule has 2 aromatic rings. The van der Waals surface area contributed by atoms with Gasteiger partial charge in [0.2, 0.25) is 5.91 Å². The molecule has 3 rings (SSSR count). The Balaban J connectivity index is 1.54. The van der Waals surface area contributed by atoms with Crippen molar-refractivity contribution in [2.75, 3.05) is 24.7 Å². The first-order valence-electron chi connectivity index (χ1n) is 9.06. The summed E-state index contributed by atoms with van der Waals surface area (Å²) in [6.07, 6.45) is 1.28. The second-order valence-corrected chi connectivity index (χ2v) is 6.43. The molecule has 2 aromatic carbocycles. The molecule has 0 bridgehead atoms. The highest BCUT2D eigenvalue weighted by Crippen LogP contribution is 2.22. The number of amides is 2. The van der Waals surface area contributed by atoms with E-state index < -0.39 is 30.9 Å². The van der Waals surface area contributed by atoms with Crippen LogP contribution >= 0.6 is 0 Å². The third-order valence-electron chi connectivity index (χ3n) is 4.42. The third-order valence-corrected chi connectivity index (χ3v) is 4.42. The lowest BCUT2D eigenvalue weighted by Crippen LogP contribution is -2.24. The van der Waals surface area contributed by atoms with E-state index in [2.05, 4.69) is 0 Å². The molecule has 0 saturated carbocycles. The van der Waals surface area contributed by atoms with Crippen molar-refractivity contribution < 1.29 is 28.7 Å². The predicted molar refractivity (Wildman–Crippen MR) is 104 cm³/mol. The number of benzene rings is 2.